The molecule has 0 aliphatic rings. The maximum Gasteiger partial charge on any atom is 0.270 e. The standard InChI is InChI=1S/C19H16N8O2/c20-7-1-5-13(12-4-2-8-22-11-12)23-18(28)14-10-16-25-17(15-6-3-9-29-15)26-27(16)19(21)24-14/h2-4,6,8-11,13H,1,5H2,(H2,21,24)(H,23,28). The summed E-state index contributed by atoms with van der Waals surface area (Å²) in [5.41, 5.74) is 7.23. The molecule has 1 atom stereocenters. The molecule has 1 amide bonds. The number of carbonyl (C=O) groups is 1. The quantitative estimate of drug-likeness (QED) is 0.510. The van der Waals surface area contributed by atoms with E-state index in [4.69, 9.17) is 15.4 Å². The number of fused-ring (bicyclic) bond motifs is 1. The number of hydrogen-bond donors (Lipinski definition) is 2. The van der Waals surface area contributed by atoms with Crippen LogP contribution in [0.1, 0.15) is 34.9 Å². The molecule has 4 heterocycles. The number of furan rings is 1. The van der Waals surface area contributed by atoms with Crippen molar-refractivity contribution in [3.8, 4) is 17.7 Å². The summed E-state index contributed by atoms with van der Waals surface area (Å²) in [4.78, 5) is 25.4. The van der Waals surface area contributed by atoms with Gasteiger partial charge >= 0.3 is 0 Å². The van der Waals surface area contributed by atoms with Crippen molar-refractivity contribution in [3.63, 3.8) is 0 Å². The number of amides is 1. The average Bonchev–Trinajstić information content (AvgIpc) is 3.41. The molecule has 1 unspecified atom stereocenters. The lowest BCUT2D eigenvalue weighted by atomic mass is 10.0. The van der Waals surface area contributed by atoms with E-state index in [2.05, 4.69) is 31.4 Å². The fourth-order valence-corrected chi connectivity index (χ4v) is 2.88. The highest BCUT2D eigenvalue weighted by Crippen LogP contribution is 2.20. The molecule has 29 heavy (non-hydrogen) atoms. The molecule has 0 bridgehead atoms. The fraction of sp³-hybridized carbons (Fsp3) is 0.158. The zero-order valence-electron chi connectivity index (χ0n) is 15.2. The van der Waals surface area contributed by atoms with E-state index in [-0.39, 0.29) is 24.1 Å². The Morgan fingerprint density at radius 3 is 2.97 bits per heavy atom. The second kappa shape index (κ2) is 7.77. The summed E-state index contributed by atoms with van der Waals surface area (Å²) in [6.45, 7) is 0. The molecule has 0 saturated carbocycles. The van der Waals surface area contributed by atoms with Crippen molar-refractivity contribution in [1.82, 2.24) is 29.9 Å². The zero-order valence-corrected chi connectivity index (χ0v) is 15.2. The molecule has 0 fully saturated rings. The Morgan fingerprint density at radius 2 is 2.24 bits per heavy atom. The van der Waals surface area contributed by atoms with Crippen LogP contribution in [-0.2, 0) is 0 Å². The van der Waals surface area contributed by atoms with Crippen molar-refractivity contribution in [2.24, 2.45) is 0 Å². The molecule has 0 aromatic carbocycles. The molecule has 3 N–H and O–H groups in total. The highest BCUT2D eigenvalue weighted by molar-refractivity contribution is 5.93. The maximum absolute atomic E-state index is 12.8. The van der Waals surface area contributed by atoms with Crippen LogP contribution in [0.15, 0.2) is 53.4 Å². The van der Waals surface area contributed by atoms with Crippen molar-refractivity contribution in [1.29, 1.82) is 5.26 Å². The number of hydrogen-bond acceptors (Lipinski definition) is 8. The Bertz CT molecular complexity index is 1180. The smallest absolute Gasteiger partial charge is 0.270 e. The third-order valence-electron chi connectivity index (χ3n) is 4.26. The van der Waals surface area contributed by atoms with Gasteiger partial charge in [-0.05, 0) is 30.2 Å². The van der Waals surface area contributed by atoms with Crippen LogP contribution in [0.4, 0.5) is 5.95 Å². The number of nitrogens with zero attached hydrogens (tertiary/aromatic N) is 6. The van der Waals surface area contributed by atoms with Gasteiger partial charge in [0.2, 0.25) is 11.8 Å². The number of aromatic nitrogens is 5. The summed E-state index contributed by atoms with van der Waals surface area (Å²) in [5.74, 6) is 0.400. The van der Waals surface area contributed by atoms with Gasteiger partial charge in [0.15, 0.2) is 11.4 Å². The second-order valence-electron chi connectivity index (χ2n) is 6.19. The first kappa shape index (κ1) is 18.1. The number of carbonyl (C=O) groups excluding carboxylic acids is 1. The number of nitrogens with two attached hydrogens (primary N) is 1. The average molecular weight is 388 g/mol. The molecular formula is C19H16N8O2. The number of nitrogens with one attached hydrogen (secondary N) is 1. The Balaban J connectivity index is 1.62. The first-order chi connectivity index (χ1) is 14.2. The van der Waals surface area contributed by atoms with E-state index in [1.807, 2.05) is 6.07 Å². The summed E-state index contributed by atoms with van der Waals surface area (Å²) < 4.78 is 6.63. The number of nitriles is 1. The normalized spacial score (nSPS) is 11.8. The first-order valence-electron chi connectivity index (χ1n) is 8.80. The van der Waals surface area contributed by atoms with Crippen molar-refractivity contribution < 1.29 is 9.21 Å². The number of pyridine rings is 1. The van der Waals surface area contributed by atoms with E-state index < -0.39 is 5.91 Å². The Kier molecular flexibility index (Phi) is 4.86. The van der Waals surface area contributed by atoms with Crippen LogP contribution in [0.3, 0.4) is 0 Å². The Hall–Kier alpha value is -4.26. The number of anilines is 1. The predicted molar refractivity (Wildman–Crippen MR) is 102 cm³/mol. The van der Waals surface area contributed by atoms with E-state index in [0.29, 0.717) is 23.7 Å². The highest BCUT2D eigenvalue weighted by atomic mass is 16.3. The molecule has 4 aromatic rings. The van der Waals surface area contributed by atoms with Gasteiger partial charge in [-0.3, -0.25) is 9.78 Å². The molecule has 0 saturated heterocycles. The molecule has 10 nitrogen and oxygen atoms in total. The van der Waals surface area contributed by atoms with E-state index >= 15 is 0 Å². The monoisotopic (exact) mass is 388 g/mol. The molecule has 144 valence electrons. The summed E-state index contributed by atoms with van der Waals surface area (Å²) >= 11 is 0. The van der Waals surface area contributed by atoms with Gasteiger partial charge < -0.3 is 15.5 Å². The lowest BCUT2D eigenvalue weighted by Crippen LogP contribution is -2.29. The zero-order chi connectivity index (χ0) is 20.2. The molecule has 0 radical (unpaired) electrons. The third kappa shape index (κ3) is 3.74. The molecule has 0 aliphatic carbocycles. The Morgan fingerprint density at radius 1 is 1.34 bits per heavy atom. The first-order valence-corrected chi connectivity index (χ1v) is 8.80. The largest absolute Gasteiger partial charge is 0.461 e. The number of nitrogen functional groups attached to an aromatic ring is 1. The van der Waals surface area contributed by atoms with Gasteiger partial charge in [0.25, 0.3) is 5.91 Å². The number of rotatable bonds is 6. The van der Waals surface area contributed by atoms with Crippen LogP contribution in [0.2, 0.25) is 0 Å². The topological polar surface area (TPSA) is 148 Å². The van der Waals surface area contributed by atoms with E-state index in [1.54, 1.807) is 30.6 Å². The Labute approximate surface area is 165 Å². The van der Waals surface area contributed by atoms with Gasteiger partial charge in [-0.1, -0.05) is 6.07 Å². The molecule has 4 rings (SSSR count). The van der Waals surface area contributed by atoms with Gasteiger partial charge in [-0.2, -0.15) is 9.78 Å². The van der Waals surface area contributed by atoms with Crippen molar-refractivity contribution in [3.05, 3.63) is 60.2 Å². The maximum atomic E-state index is 12.8. The van der Waals surface area contributed by atoms with Crippen LogP contribution in [-0.4, -0.2) is 30.5 Å². The second-order valence-corrected chi connectivity index (χ2v) is 6.19. The summed E-state index contributed by atoms with van der Waals surface area (Å²) in [6, 6.07) is 10.3. The molecule has 0 spiro atoms. The van der Waals surface area contributed by atoms with Crippen LogP contribution in [0.5, 0.6) is 0 Å². The van der Waals surface area contributed by atoms with Gasteiger partial charge in [-0.25, -0.2) is 9.97 Å². The minimum Gasteiger partial charge on any atom is -0.461 e. The fourth-order valence-electron chi connectivity index (χ4n) is 2.88. The molecule has 10 heteroatoms. The molecule has 4 aromatic heterocycles. The highest BCUT2D eigenvalue weighted by Gasteiger charge is 2.19. The van der Waals surface area contributed by atoms with Crippen molar-refractivity contribution in [2.45, 2.75) is 18.9 Å². The predicted octanol–water partition coefficient (Wildman–Crippen LogP) is 2.14. The lowest BCUT2D eigenvalue weighted by molar-refractivity contribution is 0.0929. The van der Waals surface area contributed by atoms with Gasteiger partial charge in [0, 0.05) is 24.9 Å². The van der Waals surface area contributed by atoms with E-state index in [9.17, 15) is 4.79 Å². The van der Waals surface area contributed by atoms with Crippen LogP contribution in [0, 0.1) is 11.3 Å². The van der Waals surface area contributed by atoms with Crippen LogP contribution >= 0.6 is 0 Å². The van der Waals surface area contributed by atoms with Gasteiger partial charge in [0.1, 0.15) is 5.69 Å². The van der Waals surface area contributed by atoms with E-state index in [1.165, 1.54) is 16.8 Å². The minimum absolute atomic E-state index is 0.0212. The van der Waals surface area contributed by atoms with Crippen LogP contribution < -0.4 is 11.1 Å². The SMILES string of the molecule is N#CCCC(NC(=O)c1cc2nc(-c3ccco3)nn2c(N)n1)c1cccnc1. The third-order valence-corrected chi connectivity index (χ3v) is 4.26. The summed E-state index contributed by atoms with van der Waals surface area (Å²) in [7, 11) is 0. The summed E-state index contributed by atoms with van der Waals surface area (Å²) in [5, 5.41) is 16.1. The lowest BCUT2D eigenvalue weighted by Gasteiger charge is -2.17. The minimum atomic E-state index is -0.437. The van der Waals surface area contributed by atoms with Gasteiger partial charge in [0.05, 0.1) is 18.4 Å². The van der Waals surface area contributed by atoms with Crippen LogP contribution in [0.25, 0.3) is 17.2 Å². The van der Waals surface area contributed by atoms with Crippen molar-refractivity contribution >= 4 is 17.5 Å². The van der Waals surface area contributed by atoms with Crippen molar-refractivity contribution in [2.75, 3.05) is 5.73 Å². The van der Waals surface area contributed by atoms with Gasteiger partial charge in [-0.15, -0.1) is 5.10 Å². The summed E-state index contributed by atoms with van der Waals surface area (Å²) in [6.07, 6.45) is 5.54. The van der Waals surface area contributed by atoms with E-state index in [0.717, 1.165) is 5.56 Å². The molecular weight excluding hydrogens is 372 g/mol. The molecule has 0 aliphatic heterocycles.